The summed E-state index contributed by atoms with van der Waals surface area (Å²) in [6, 6.07) is 3.96. The van der Waals surface area contributed by atoms with Crippen LogP contribution in [0.2, 0.25) is 0 Å². The number of nitrogens with zero attached hydrogens (tertiary/aromatic N) is 1. The lowest BCUT2D eigenvalue weighted by Gasteiger charge is -2.22. The third-order valence-corrected chi connectivity index (χ3v) is 2.97. The number of pyridine rings is 1. The second-order valence-electron chi connectivity index (χ2n) is 4.34. The van der Waals surface area contributed by atoms with E-state index in [4.69, 9.17) is 4.74 Å². The molecule has 0 amide bonds. The van der Waals surface area contributed by atoms with Gasteiger partial charge in [0.05, 0.1) is 6.10 Å². The van der Waals surface area contributed by atoms with Crippen LogP contribution >= 0.6 is 0 Å². The lowest BCUT2D eigenvalue weighted by atomic mass is 10.1. The van der Waals surface area contributed by atoms with E-state index in [1.54, 1.807) is 12.4 Å². The van der Waals surface area contributed by atoms with Crippen molar-refractivity contribution in [3.8, 4) is 0 Å². The fourth-order valence-corrected chi connectivity index (χ4v) is 1.99. The summed E-state index contributed by atoms with van der Waals surface area (Å²) < 4.78 is 5.83. The zero-order chi connectivity index (χ0) is 11.8. The van der Waals surface area contributed by atoms with Crippen molar-refractivity contribution in [1.29, 1.82) is 0 Å². The van der Waals surface area contributed by atoms with Crippen molar-refractivity contribution in [2.75, 3.05) is 31.6 Å². The Labute approximate surface area is 103 Å². The van der Waals surface area contributed by atoms with Gasteiger partial charge in [0.15, 0.2) is 0 Å². The highest BCUT2D eigenvalue weighted by Crippen LogP contribution is 2.08. The summed E-state index contributed by atoms with van der Waals surface area (Å²) in [4.78, 5) is 3.98. The molecule has 0 spiro atoms. The molecule has 2 rings (SSSR count). The van der Waals surface area contributed by atoms with Crippen LogP contribution in [-0.4, -0.2) is 37.3 Å². The predicted octanol–water partition coefficient (Wildman–Crippen LogP) is 1.65. The second-order valence-corrected chi connectivity index (χ2v) is 4.34. The summed E-state index contributed by atoms with van der Waals surface area (Å²) in [7, 11) is 0. The predicted molar refractivity (Wildman–Crippen MR) is 69.2 cm³/mol. The highest BCUT2D eigenvalue weighted by molar-refractivity contribution is 5.40. The van der Waals surface area contributed by atoms with Gasteiger partial charge in [0.2, 0.25) is 0 Å². The van der Waals surface area contributed by atoms with Gasteiger partial charge in [-0.3, -0.25) is 4.98 Å². The zero-order valence-electron chi connectivity index (χ0n) is 10.2. The Kier molecular flexibility index (Phi) is 5.26. The van der Waals surface area contributed by atoms with E-state index < -0.39 is 0 Å². The summed E-state index contributed by atoms with van der Waals surface area (Å²) >= 11 is 0. The molecule has 1 aliphatic rings. The Morgan fingerprint density at radius 2 is 2.06 bits per heavy atom. The molecule has 0 radical (unpaired) electrons. The minimum atomic E-state index is 0.470. The Hall–Kier alpha value is -1.13. The maximum Gasteiger partial charge on any atom is 0.0599 e. The molecule has 0 bridgehead atoms. The number of nitrogens with one attached hydrogen (secondary N) is 2. The molecule has 4 nitrogen and oxygen atoms in total. The lowest BCUT2D eigenvalue weighted by Crippen LogP contribution is -2.32. The molecule has 0 aliphatic carbocycles. The topological polar surface area (TPSA) is 46.2 Å². The normalized spacial score (nSPS) is 16.9. The van der Waals surface area contributed by atoms with E-state index in [0.29, 0.717) is 6.10 Å². The van der Waals surface area contributed by atoms with Crippen molar-refractivity contribution in [3.05, 3.63) is 24.5 Å². The van der Waals surface area contributed by atoms with Gasteiger partial charge in [-0.15, -0.1) is 0 Å². The second kappa shape index (κ2) is 7.25. The Morgan fingerprint density at radius 1 is 1.29 bits per heavy atom. The molecule has 1 aromatic rings. The van der Waals surface area contributed by atoms with Crippen LogP contribution in [-0.2, 0) is 4.74 Å². The monoisotopic (exact) mass is 235 g/mol. The Balaban J connectivity index is 1.51. The third-order valence-electron chi connectivity index (χ3n) is 2.97. The van der Waals surface area contributed by atoms with Gasteiger partial charge >= 0.3 is 0 Å². The van der Waals surface area contributed by atoms with E-state index in [2.05, 4.69) is 15.6 Å². The lowest BCUT2D eigenvalue weighted by molar-refractivity contribution is 0.0329. The standard InChI is InChI=1S/C13H21N3O/c1(6-16-12-2-7-14-8-3-12)11-17-13-4-9-15-10-5-13/h2-3,7-8,13,15H,1,4-6,9-11H2,(H,14,16). The van der Waals surface area contributed by atoms with Crippen LogP contribution in [0, 0.1) is 0 Å². The van der Waals surface area contributed by atoms with Crippen molar-refractivity contribution < 1.29 is 4.74 Å². The fraction of sp³-hybridized carbons (Fsp3) is 0.615. The SMILES string of the molecule is c1cc(NCCCOC2CCNCC2)ccn1. The molecule has 0 atom stereocenters. The molecule has 2 heterocycles. The zero-order valence-corrected chi connectivity index (χ0v) is 10.2. The highest BCUT2D eigenvalue weighted by Gasteiger charge is 2.12. The van der Waals surface area contributed by atoms with Crippen molar-refractivity contribution >= 4 is 5.69 Å². The molecule has 17 heavy (non-hydrogen) atoms. The fourth-order valence-electron chi connectivity index (χ4n) is 1.99. The molecule has 0 saturated carbocycles. The number of ether oxygens (including phenoxy) is 1. The molecule has 2 N–H and O–H groups in total. The summed E-state index contributed by atoms with van der Waals surface area (Å²) in [5, 5.41) is 6.69. The van der Waals surface area contributed by atoms with Gasteiger partial charge in [0, 0.05) is 31.2 Å². The summed E-state index contributed by atoms with van der Waals surface area (Å²) in [5.74, 6) is 0. The van der Waals surface area contributed by atoms with E-state index in [1.165, 1.54) is 0 Å². The molecule has 0 unspecified atom stereocenters. The van der Waals surface area contributed by atoms with Crippen LogP contribution in [0.1, 0.15) is 19.3 Å². The molecule has 0 aromatic carbocycles. The molecule has 4 heteroatoms. The Bertz CT molecular complexity index is 299. The number of hydrogen-bond acceptors (Lipinski definition) is 4. The largest absolute Gasteiger partial charge is 0.385 e. The average molecular weight is 235 g/mol. The van der Waals surface area contributed by atoms with E-state index >= 15 is 0 Å². The maximum absolute atomic E-state index is 5.83. The van der Waals surface area contributed by atoms with Crippen LogP contribution in [0.25, 0.3) is 0 Å². The summed E-state index contributed by atoms with van der Waals surface area (Å²) in [5.41, 5.74) is 1.13. The number of hydrogen-bond donors (Lipinski definition) is 2. The third kappa shape index (κ3) is 4.71. The first-order chi connectivity index (χ1) is 8.45. The van der Waals surface area contributed by atoms with E-state index in [9.17, 15) is 0 Å². The number of rotatable bonds is 6. The summed E-state index contributed by atoms with van der Waals surface area (Å²) in [6.45, 7) is 4.00. The molecule has 1 aliphatic heterocycles. The van der Waals surface area contributed by atoms with Crippen molar-refractivity contribution in [3.63, 3.8) is 0 Å². The number of piperidine rings is 1. The van der Waals surface area contributed by atoms with Crippen LogP contribution in [0.5, 0.6) is 0 Å². The molecule has 1 aromatic heterocycles. The van der Waals surface area contributed by atoms with Crippen molar-refractivity contribution in [2.24, 2.45) is 0 Å². The van der Waals surface area contributed by atoms with Crippen molar-refractivity contribution in [1.82, 2.24) is 10.3 Å². The smallest absolute Gasteiger partial charge is 0.0599 e. The maximum atomic E-state index is 5.83. The first-order valence-electron chi connectivity index (χ1n) is 6.41. The first-order valence-corrected chi connectivity index (χ1v) is 6.41. The Morgan fingerprint density at radius 3 is 2.82 bits per heavy atom. The molecular formula is C13H21N3O. The van der Waals surface area contributed by atoms with Gasteiger partial charge in [-0.25, -0.2) is 0 Å². The minimum Gasteiger partial charge on any atom is -0.385 e. The number of anilines is 1. The highest BCUT2D eigenvalue weighted by atomic mass is 16.5. The van der Waals surface area contributed by atoms with E-state index in [1.807, 2.05) is 12.1 Å². The molecule has 1 saturated heterocycles. The van der Waals surface area contributed by atoms with Crippen LogP contribution in [0.3, 0.4) is 0 Å². The van der Waals surface area contributed by atoms with Gasteiger partial charge in [0.25, 0.3) is 0 Å². The van der Waals surface area contributed by atoms with Gasteiger partial charge in [-0.05, 0) is 44.5 Å². The van der Waals surface area contributed by atoms with Gasteiger partial charge in [-0.2, -0.15) is 0 Å². The molecular weight excluding hydrogens is 214 g/mol. The van der Waals surface area contributed by atoms with Gasteiger partial charge in [0.1, 0.15) is 0 Å². The van der Waals surface area contributed by atoms with Crippen molar-refractivity contribution in [2.45, 2.75) is 25.4 Å². The molecule has 1 fully saturated rings. The van der Waals surface area contributed by atoms with Crippen LogP contribution in [0.15, 0.2) is 24.5 Å². The van der Waals surface area contributed by atoms with E-state index in [-0.39, 0.29) is 0 Å². The van der Waals surface area contributed by atoms with Crippen LogP contribution < -0.4 is 10.6 Å². The molecule has 94 valence electrons. The number of aromatic nitrogens is 1. The van der Waals surface area contributed by atoms with E-state index in [0.717, 1.165) is 51.2 Å². The van der Waals surface area contributed by atoms with Crippen LogP contribution in [0.4, 0.5) is 5.69 Å². The summed E-state index contributed by atoms with van der Waals surface area (Å²) in [6.07, 6.45) is 7.42. The quantitative estimate of drug-likeness (QED) is 0.736. The van der Waals surface area contributed by atoms with Gasteiger partial charge in [-0.1, -0.05) is 0 Å². The average Bonchev–Trinajstić information content (AvgIpc) is 2.41. The minimum absolute atomic E-state index is 0.470. The first kappa shape index (κ1) is 12.3. The van der Waals surface area contributed by atoms with Gasteiger partial charge < -0.3 is 15.4 Å².